The predicted octanol–water partition coefficient (Wildman–Crippen LogP) is 15.0. The fraction of sp³-hybridized carbons (Fsp3) is 0. The molecule has 0 radical (unpaired) electrons. The van der Waals surface area contributed by atoms with Crippen molar-refractivity contribution in [3.8, 4) is 22.3 Å². The third kappa shape index (κ3) is 4.96. The standard InChI is InChI=1S/C52H33NO/c1-2-8-34(9-3-1)35-16-23-41(24-17-35)53(43-27-31-45-40(32-43)22-30-49-48-12-6-7-13-51(48)54-52(45)49)42-25-18-36(19-26-42)39-15-14-38-21-28-46-44-11-5-4-10-37(44)20-29-47(46)50(38)33-39/h1-33H. The Morgan fingerprint density at radius 1 is 0.278 bits per heavy atom. The fourth-order valence-corrected chi connectivity index (χ4v) is 8.32. The topological polar surface area (TPSA) is 16.4 Å². The molecule has 2 nitrogen and oxygen atoms in total. The van der Waals surface area contributed by atoms with Crippen molar-refractivity contribution in [2.45, 2.75) is 0 Å². The van der Waals surface area contributed by atoms with Crippen LogP contribution in [0.3, 0.4) is 0 Å². The molecule has 11 aromatic rings. The lowest BCUT2D eigenvalue weighted by Gasteiger charge is -2.26. The maximum Gasteiger partial charge on any atom is 0.143 e. The van der Waals surface area contributed by atoms with Crippen molar-refractivity contribution in [1.82, 2.24) is 0 Å². The molecule has 0 saturated heterocycles. The van der Waals surface area contributed by atoms with Gasteiger partial charge in [-0.2, -0.15) is 0 Å². The first-order valence-corrected chi connectivity index (χ1v) is 18.5. The van der Waals surface area contributed by atoms with E-state index in [0.717, 1.165) is 49.8 Å². The molecule has 0 aliphatic heterocycles. The minimum Gasteiger partial charge on any atom is -0.455 e. The largest absolute Gasteiger partial charge is 0.455 e. The van der Waals surface area contributed by atoms with Crippen LogP contribution in [0.15, 0.2) is 205 Å². The summed E-state index contributed by atoms with van der Waals surface area (Å²) in [4.78, 5) is 2.35. The van der Waals surface area contributed by atoms with Crippen LogP contribution in [0.1, 0.15) is 0 Å². The number of anilines is 3. The van der Waals surface area contributed by atoms with E-state index >= 15 is 0 Å². The molecule has 11 rings (SSSR count). The van der Waals surface area contributed by atoms with Crippen LogP contribution in [-0.4, -0.2) is 0 Å². The smallest absolute Gasteiger partial charge is 0.143 e. The summed E-state index contributed by atoms with van der Waals surface area (Å²) in [5, 5.41) is 12.2. The first kappa shape index (κ1) is 30.5. The second kappa shape index (κ2) is 12.2. The minimum absolute atomic E-state index is 0.914. The number of nitrogens with zero attached hydrogens (tertiary/aromatic N) is 1. The number of benzene rings is 10. The van der Waals surface area contributed by atoms with Crippen LogP contribution >= 0.6 is 0 Å². The Bertz CT molecular complexity index is 3190. The van der Waals surface area contributed by atoms with Crippen molar-refractivity contribution in [2.24, 2.45) is 0 Å². The molecule has 0 aliphatic rings. The van der Waals surface area contributed by atoms with Gasteiger partial charge in [0.1, 0.15) is 11.2 Å². The highest BCUT2D eigenvalue weighted by atomic mass is 16.3. The second-order valence-electron chi connectivity index (χ2n) is 14.1. The van der Waals surface area contributed by atoms with Gasteiger partial charge in [-0.3, -0.25) is 0 Å². The lowest BCUT2D eigenvalue weighted by Crippen LogP contribution is -2.09. The summed E-state index contributed by atoms with van der Waals surface area (Å²) in [6, 6.07) is 72.3. The van der Waals surface area contributed by atoms with Crippen LogP contribution in [0.5, 0.6) is 0 Å². The maximum atomic E-state index is 6.40. The molecule has 0 bridgehead atoms. The van der Waals surface area contributed by atoms with Crippen molar-refractivity contribution >= 4 is 82.1 Å². The monoisotopic (exact) mass is 687 g/mol. The molecule has 0 aliphatic carbocycles. The number of hydrogen-bond donors (Lipinski definition) is 0. The lowest BCUT2D eigenvalue weighted by molar-refractivity contribution is 0.672. The van der Waals surface area contributed by atoms with Gasteiger partial charge >= 0.3 is 0 Å². The molecular weight excluding hydrogens is 655 g/mol. The third-order valence-corrected chi connectivity index (χ3v) is 11.0. The number of furan rings is 1. The van der Waals surface area contributed by atoms with Crippen LogP contribution < -0.4 is 4.90 Å². The van der Waals surface area contributed by atoms with E-state index in [0.29, 0.717) is 0 Å². The summed E-state index contributed by atoms with van der Waals surface area (Å²) in [6.07, 6.45) is 0. The minimum atomic E-state index is 0.914. The Kier molecular flexibility index (Phi) is 6.90. The summed E-state index contributed by atoms with van der Waals surface area (Å²) >= 11 is 0. The van der Waals surface area contributed by atoms with Crippen LogP contribution in [0, 0.1) is 0 Å². The van der Waals surface area contributed by atoms with E-state index < -0.39 is 0 Å². The average Bonchev–Trinajstić information content (AvgIpc) is 3.63. The Morgan fingerprint density at radius 2 is 0.796 bits per heavy atom. The molecule has 0 N–H and O–H groups in total. The van der Waals surface area contributed by atoms with Gasteiger partial charge in [-0.05, 0) is 121 Å². The summed E-state index contributed by atoms with van der Waals surface area (Å²) in [6.45, 7) is 0. The van der Waals surface area contributed by atoms with Crippen molar-refractivity contribution < 1.29 is 4.42 Å². The van der Waals surface area contributed by atoms with Gasteiger partial charge in [-0.1, -0.05) is 140 Å². The van der Waals surface area contributed by atoms with Crippen LogP contribution in [0.4, 0.5) is 17.1 Å². The number of rotatable bonds is 5. The average molecular weight is 688 g/mol. The predicted molar refractivity (Wildman–Crippen MR) is 229 cm³/mol. The van der Waals surface area contributed by atoms with Gasteiger partial charge in [-0.25, -0.2) is 0 Å². The van der Waals surface area contributed by atoms with E-state index in [9.17, 15) is 0 Å². The molecule has 1 heterocycles. The highest BCUT2D eigenvalue weighted by molar-refractivity contribution is 6.18. The molecule has 0 amide bonds. The van der Waals surface area contributed by atoms with E-state index in [-0.39, 0.29) is 0 Å². The molecule has 0 fully saturated rings. The second-order valence-corrected chi connectivity index (χ2v) is 14.1. The molecule has 10 aromatic carbocycles. The number of hydrogen-bond acceptors (Lipinski definition) is 2. The highest BCUT2D eigenvalue weighted by Gasteiger charge is 2.16. The summed E-state index contributed by atoms with van der Waals surface area (Å²) in [5.74, 6) is 0. The number of fused-ring (bicyclic) bond motifs is 10. The molecule has 0 spiro atoms. The molecule has 54 heavy (non-hydrogen) atoms. The first-order chi connectivity index (χ1) is 26.7. The van der Waals surface area contributed by atoms with E-state index in [1.54, 1.807) is 0 Å². The zero-order valence-electron chi connectivity index (χ0n) is 29.4. The van der Waals surface area contributed by atoms with E-state index in [2.05, 4.69) is 193 Å². The van der Waals surface area contributed by atoms with Gasteiger partial charge in [0, 0.05) is 33.2 Å². The molecule has 252 valence electrons. The Labute approximate surface area is 312 Å². The highest BCUT2D eigenvalue weighted by Crippen LogP contribution is 2.41. The Morgan fingerprint density at radius 3 is 1.57 bits per heavy atom. The van der Waals surface area contributed by atoms with Crippen LogP contribution in [-0.2, 0) is 0 Å². The zero-order chi connectivity index (χ0) is 35.6. The quantitative estimate of drug-likeness (QED) is 0.168. The molecule has 1 aromatic heterocycles. The van der Waals surface area contributed by atoms with Gasteiger partial charge in [0.15, 0.2) is 0 Å². The van der Waals surface area contributed by atoms with Crippen molar-refractivity contribution in [1.29, 1.82) is 0 Å². The van der Waals surface area contributed by atoms with Crippen molar-refractivity contribution in [2.75, 3.05) is 4.90 Å². The fourth-order valence-electron chi connectivity index (χ4n) is 8.32. The Balaban J connectivity index is 1.02. The Hall–Kier alpha value is -7.16. The van der Waals surface area contributed by atoms with Gasteiger partial charge in [0.2, 0.25) is 0 Å². The van der Waals surface area contributed by atoms with Crippen molar-refractivity contribution in [3.05, 3.63) is 200 Å². The summed E-state index contributed by atoms with van der Waals surface area (Å²) < 4.78 is 6.40. The third-order valence-electron chi connectivity index (χ3n) is 11.0. The van der Waals surface area contributed by atoms with Gasteiger partial charge in [0.25, 0.3) is 0 Å². The normalized spacial score (nSPS) is 11.7. The molecule has 0 unspecified atom stereocenters. The van der Waals surface area contributed by atoms with E-state index in [4.69, 9.17) is 4.42 Å². The van der Waals surface area contributed by atoms with Crippen LogP contribution in [0.25, 0.3) is 87.3 Å². The number of para-hydroxylation sites is 1. The zero-order valence-corrected chi connectivity index (χ0v) is 29.4. The van der Waals surface area contributed by atoms with Crippen LogP contribution in [0.2, 0.25) is 0 Å². The van der Waals surface area contributed by atoms with Gasteiger partial charge in [-0.15, -0.1) is 0 Å². The summed E-state index contributed by atoms with van der Waals surface area (Å²) in [7, 11) is 0. The van der Waals surface area contributed by atoms with E-state index in [1.165, 1.54) is 54.6 Å². The SMILES string of the molecule is c1ccc(-c2ccc(N(c3ccc(-c4ccc5ccc6c7ccccc7ccc6c5c4)cc3)c3ccc4c(ccc5c6ccccc6oc45)c3)cc2)cc1. The van der Waals surface area contributed by atoms with Gasteiger partial charge in [0.05, 0.1) is 0 Å². The molecule has 2 heteroatoms. The summed E-state index contributed by atoms with van der Waals surface area (Å²) in [5.41, 5.74) is 9.90. The molecule has 0 saturated carbocycles. The lowest BCUT2D eigenvalue weighted by atomic mass is 9.94. The van der Waals surface area contributed by atoms with Crippen molar-refractivity contribution in [3.63, 3.8) is 0 Å². The maximum absolute atomic E-state index is 6.40. The van der Waals surface area contributed by atoms with Gasteiger partial charge < -0.3 is 9.32 Å². The molecular formula is C52H33NO. The first-order valence-electron chi connectivity index (χ1n) is 18.5. The molecule has 0 atom stereocenters. The van der Waals surface area contributed by atoms with E-state index in [1.807, 2.05) is 12.1 Å².